The van der Waals surface area contributed by atoms with Gasteiger partial charge in [-0.25, -0.2) is 4.98 Å². The van der Waals surface area contributed by atoms with Gasteiger partial charge in [-0.15, -0.1) is 12.4 Å². The molecule has 0 atom stereocenters. The van der Waals surface area contributed by atoms with Crippen LogP contribution in [0, 0.1) is 0 Å². The first kappa shape index (κ1) is 17.3. The number of hydrogen-bond donors (Lipinski definition) is 2. The molecule has 0 spiro atoms. The normalized spacial score (nSPS) is 9.67. The lowest BCUT2D eigenvalue weighted by atomic mass is 10.3. The molecule has 0 fully saturated rings. The van der Waals surface area contributed by atoms with Crippen molar-refractivity contribution in [2.45, 2.75) is 0 Å². The minimum absolute atomic E-state index is 0. The first-order valence-electron chi connectivity index (χ1n) is 5.34. The minimum Gasteiger partial charge on any atom is -0.383 e. The summed E-state index contributed by atoms with van der Waals surface area (Å²) < 4.78 is 5.59. The van der Waals surface area contributed by atoms with Crippen LogP contribution in [0.2, 0.25) is 0 Å². The summed E-state index contributed by atoms with van der Waals surface area (Å²) >= 11 is 3.28. The van der Waals surface area contributed by atoms with Crippen molar-refractivity contribution in [2.75, 3.05) is 33.4 Å². The average Bonchev–Trinajstić information content (AvgIpc) is 2.34. The summed E-state index contributed by atoms with van der Waals surface area (Å²) in [5, 5.41) is 5.92. The molecule has 0 aromatic carbocycles. The zero-order valence-corrected chi connectivity index (χ0v) is 12.5. The molecule has 0 saturated heterocycles. The molecule has 0 aliphatic heterocycles. The van der Waals surface area contributed by atoms with Gasteiger partial charge in [0.05, 0.1) is 6.61 Å². The Morgan fingerprint density at radius 1 is 1.44 bits per heavy atom. The van der Waals surface area contributed by atoms with Crippen molar-refractivity contribution in [1.29, 1.82) is 0 Å². The van der Waals surface area contributed by atoms with Gasteiger partial charge in [-0.1, -0.05) is 0 Å². The van der Waals surface area contributed by atoms with E-state index in [1.54, 1.807) is 25.4 Å². The lowest BCUT2D eigenvalue weighted by Crippen LogP contribution is -2.33. The molecule has 0 radical (unpaired) electrons. The number of carbonyl (C=O) groups is 1. The Morgan fingerprint density at radius 2 is 2.22 bits per heavy atom. The predicted molar refractivity (Wildman–Crippen MR) is 76.3 cm³/mol. The summed E-state index contributed by atoms with van der Waals surface area (Å²) in [5.74, 6) is -0.175. The molecule has 5 nitrogen and oxygen atoms in total. The maximum Gasteiger partial charge on any atom is 0.271 e. The van der Waals surface area contributed by atoms with Crippen LogP contribution in [0.3, 0.4) is 0 Å². The number of aromatic nitrogens is 1. The number of methoxy groups -OCH3 is 1. The third kappa shape index (κ3) is 6.30. The van der Waals surface area contributed by atoms with Gasteiger partial charge in [0, 0.05) is 37.4 Å². The van der Waals surface area contributed by atoms with Crippen molar-refractivity contribution in [3.05, 3.63) is 28.5 Å². The molecule has 0 bridgehead atoms. The van der Waals surface area contributed by atoms with Crippen molar-refractivity contribution in [3.8, 4) is 0 Å². The maximum atomic E-state index is 11.7. The topological polar surface area (TPSA) is 63.2 Å². The summed E-state index contributed by atoms with van der Waals surface area (Å²) in [6, 6.07) is 3.56. The van der Waals surface area contributed by atoms with E-state index in [1.807, 2.05) is 0 Å². The Morgan fingerprint density at radius 3 is 2.89 bits per heavy atom. The van der Waals surface area contributed by atoms with Gasteiger partial charge in [-0.05, 0) is 28.1 Å². The molecule has 18 heavy (non-hydrogen) atoms. The van der Waals surface area contributed by atoms with Gasteiger partial charge in [0.1, 0.15) is 5.69 Å². The molecule has 1 heterocycles. The zero-order valence-electron chi connectivity index (χ0n) is 10.1. The van der Waals surface area contributed by atoms with E-state index in [0.717, 1.165) is 6.54 Å². The second kappa shape index (κ2) is 10.3. The molecule has 1 amide bonds. The number of nitrogens with one attached hydrogen (secondary N) is 2. The summed E-state index contributed by atoms with van der Waals surface area (Å²) in [7, 11) is 1.65. The average molecular weight is 339 g/mol. The third-order valence-electron chi connectivity index (χ3n) is 2.04. The van der Waals surface area contributed by atoms with Crippen molar-refractivity contribution in [2.24, 2.45) is 0 Å². The highest BCUT2D eigenvalue weighted by atomic mass is 79.9. The van der Waals surface area contributed by atoms with Crippen LogP contribution in [0.4, 0.5) is 0 Å². The Hall–Kier alpha value is -0.690. The molecule has 1 aromatic heterocycles. The van der Waals surface area contributed by atoms with Crippen LogP contribution in [0.25, 0.3) is 0 Å². The smallest absolute Gasteiger partial charge is 0.271 e. The maximum absolute atomic E-state index is 11.7. The molecule has 102 valence electrons. The Labute approximate surface area is 121 Å². The second-order valence-electron chi connectivity index (χ2n) is 3.33. The molecule has 1 rings (SSSR count). The van der Waals surface area contributed by atoms with E-state index in [4.69, 9.17) is 4.74 Å². The zero-order chi connectivity index (χ0) is 12.5. The van der Waals surface area contributed by atoms with Crippen molar-refractivity contribution in [3.63, 3.8) is 0 Å². The lowest BCUT2D eigenvalue weighted by Gasteiger charge is -2.06. The quantitative estimate of drug-likeness (QED) is 0.734. The third-order valence-corrected chi connectivity index (χ3v) is 2.68. The van der Waals surface area contributed by atoms with Gasteiger partial charge in [0.25, 0.3) is 5.91 Å². The molecule has 7 heteroatoms. The standard InChI is InChI=1S/C11H16BrN3O2.ClH/c1-17-8-7-13-5-6-15-11(16)10-9(12)3-2-4-14-10;/h2-4,13H,5-8H2,1H3,(H,15,16);1H. The van der Waals surface area contributed by atoms with Crippen molar-refractivity contribution < 1.29 is 9.53 Å². The number of pyridine rings is 1. The number of carbonyl (C=O) groups excluding carboxylic acids is 1. The molecule has 0 unspecified atom stereocenters. The van der Waals surface area contributed by atoms with E-state index < -0.39 is 0 Å². The highest BCUT2D eigenvalue weighted by molar-refractivity contribution is 9.10. The lowest BCUT2D eigenvalue weighted by molar-refractivity contribution is 0.0948. The monoisotopic (exact) mass is 337 g/mol. The fourth-order valence-corrected chi connectivity index (χ4v) is 1.64. The molecular weight excluding hydrogens is 321 g/mol. The van der Waals surface area contributed by atoms with Crippen LogP contribution < -0.4 is 10.6 Å². The van der Waals surface area contributed by atoms with Crippen LogP contribution in [0.1, 0.15) is 10.5 Å². The first-order valence-corrected chi connectivity index (χ1v) is 6.13. The molecule has 1 aromatic rings. The number of nitrogens with zero attached hydrogens (tertiary/aromatic N) is 1. The number of amides is 1. The minimum atomic E-state index is -0.175. The molecule has 0 saturated carbocycles. The summed E-state index contributed by atoms with van der Waals surface area (Å²) in [5.41, 5.74) is 0.407. The van der Waals surface area contributed by atoms with Crippen LogP contribution in [0.5, 0.6) is 0 Å². The Kier molecular flexibility index (Phi) is 9.86. The first-order chi connectivity index (χ1) is 8.25. The van der Waals surface area contributed by atoms with Crippen molar-refractivity contribution >= 4 is 34.2 Å². The van der Waals surface area contributed by atoms with Gasteiger partial charge < -0.3 is 15.4 Å². The Balaban J connectivity index is 0.00000289. The van der Waals surface area contributed by atoms with E-state index in [9.17, 15) is 4.79 Å². The van der Waals surface area contributed by atoms with E-state index in [0.29, 0.717) is 29.9 Å². The van der Waals surface area contributed by atoms with Crippen LogP contribution in [0.15, 0.2) is 22.8 Å². The number of hydrogen-bond acceptors (Lipinski definition) is 4. The van der Waals surface area contributed by atoms with E-state index >= 15 is 0 Å². The fourth-order valence-electron chi connectivity index (χ4n) is 1.20. The summed E-state index contributed by atoms with van der Waals surface area (Å²) in [6.45, 7) is 2.71. The fraction of sp³-hybridized carbons (Fsp3) is 0.455. The molecule has 2 N–H and O–H groups in total. The van der Waals surface area contributed by atoms with Crippen LogP contribution in [-0.2, 0) is 4.74 Å². The van der Waals surface area contributed by atoms with Gasteiger partial charge >= 0.3 is 0 Å². The number of rotatable bonds is 7. The van der Waals surface area contributed by atoms with Gasteiger partial charge in [0.15, 0.2) is 0 Å². The van der Waals surface area contributed by atoms with Gasteiger partial charge in [-0.2, -0.15) is 0 Å². The van der Waals surface area contributed by atoms with E-state index in [-0.39, 0.29) is 18.3 Å². The van der Waals surface area contributed by atoms with Crippen molar-refractivity contribution in [1.82, 2.24) is 15.6 Å². The predicted octanol–water partition coefficient (Wildman–Crippen LogP) is 1.23. The summed E-state index contributed by atoms with van der Waals surface area (Å²) in [4.78, 5) is 15.7. The van der Waals surface area contributed by atoms with E-state index in [1.165, 1.54) is 0 Å². The van der Waals surface area contributed by atoms with Crippen LogP contribution in [-0.4, -0.2) is 44.2 Å². The van der Waals surface area contributed by atoms with Gasteiger partial charge in [0.2, 0.25) is 0 Å². The number of ether oxygens (including phenoxy) is 1. The summed E-state index contributed by atoms with van der Waals surface area (Å²) in [6.07, 6.45) is 1.59. The largest absolute Gasteiger partial charge is 0.383 e. The van der Waals surface area contributed by atoms with Gasteiger partial charge in [-0.3, -0.25) is 4.79 Å². The molecule has 0 aliphatic rings. The molecule has 0 aliphatic carbocycles. The SMILES string of the molecule is COCCNCCNC(=O)c1ncccc1Br.Cl. The van der Waals surface area contributed by atoms with Crippen LogP contribution >= 0.6 is 28.3 Å². The van der Waals surface area contributed by atoms with E-state index in [2.05, 4.69) is 31.5 Å². The second-order valence-corrected chi connectivity index (χ2v) is 4.19. The highest BCUT2D eigenvalue weighted by Gasteiger charge is 2.09. The number of halogens is 2. The Bertz CT molecular complexity index is 366. The highest BCUT2D eigenvalue weighted by Crippen LogP contribution is 2.12. The molecular formula is C11H17BrClN3O2.